The first-order chi connectivity index (χ1) is 9.46. The minimum Gasteiger partial charge on any atom is -0.496 e. The Kier molecular flexibility index (Phi) is 3.92. The maximum Gasteiger partial charge on any atom is 0.336 e. The summed E-state index contributed by atoms with van der Waals surface area (Å²) in [5, 5.41) is 19.6. The Hall–Kier alpha value is -2.11. The molecule has 1 heterocycles. The van der Waals surface area contributed by atoms with Crippen LogP contribution in [0.2, 0.25) is 0 Å². The topological polar surface area (TPSA) is 79.9 Å². The van der Waals surface area contributed by atoms with E-state index in [0.29, 0.717) is 16.9 Å². The highest BCUT2D eigenvalue weighted by atomic mass is 16.5. The lowest BCUT2D eigenvalue weighted by atomic mass is 10.0. The lowest BCUT2D eigenvalue weighted by Gasteiger charge is -2.15. The van der Waals surface area contributed by atoms with Crippen LogP contribution in [0.25, 0.3) is 17.0 Å². The number of fused-ring (bicyclic) bond motifs is 1. The van der Waals surface area contributed by atoms with Gasteiger partial charge in [-0.05, 0) is 31.2 Å². The van der Waals surface area contributed by atoms with E-state index in [9.17, 15) is 9.90 Å². The molecule has 2 aromatic rings. The molecule has 0 saturated heterocycles. The summed E-state index contributed by atoms with van der Waals surface area (Å²) in [7, 11) is 1.50. The predicted molar refractivity (Wildman–Crippen MR) is 75.8 cm³/mol. The third-order valence-electron chi connectivity index (χ3n) is 2.94. The molecule has 0 unspecified atom stereocenters. The second-order valence-corrected chi connectivity index (χ2v) is 4.70. The van der Waals surface area contributed by atoms with Gasteiger partial charge in [0.1, 0.15) is 16.9 Å². The van der Waals surface area contributed by atoms with Gasteiger partial charge >= 0.3 is 5.63 Å². The predicted octanol–water partition coefficient (Wildman–Crippen LogP) is 1.56. The fourth-order valence-corrected chi connectivity index (χ4v) is 1.79. The van der Waals surface area contributed by atoms with Crippen molar-refractivity contribution >= 4 is 17.0 Å². The van der Waals surface area contributed by atoms with Crippen molar-refractivity contribution in [3.63, 3.8) is 0 Å². The third-order valence-corrected chi connectivity index (χ3v) is 2.94. The van der Waals surface area contributed by atoms with Gasteiger partial charge in [0.2, 0.25) is 0 Å². The fraction of sp³-hybridized carbons (Fsp3) is 0.267. The van der Waals surface area contributed by atoms with Crippen LogP contribution >= 0.6 is 0 Å². The number of aliphatic hydroxyl groups is 2. The van der Waals surface area contributed by atoms with Gasteiger partial charge in [-0.3, -0.25) is 0 Å². The minimum atomic E-state index is -1.36. The van der Waals surface area contributed by atoms with E-state index in [0.717, 1.165) is 5.39 Å². The molecule has 2 N–H and O–H groups in total. The lowest BCUT2D eigenvalue weighted by Crippen LogP contribution is -2.25. The molecule has 1 atom stereocenters. The van der Waals surface area contributed by atoms with Crippen LogP contribution in [-0.4, -0.2) is 29.5 Å². The fourth-order valence-electron chi connectivity index (χ4n) is 1.79. The molecule has 5 heteroatoms. The van der Waals surface area contributed by atoms with Gasteiger partial charge in [-0.25, -0.2) is 4.79 Å². The number of hydrogen-bond donors (Lipinski definition) is 2. The average Bonchev–Trinajstić information content (AvgIpc) is 2.44. The van der Waals surface area contributed by atoms with E-state index in [1.54, 1.807) is 24.3 Å². The Morgan fingerprint density at radius 3 is 2.70 bits per heavy atom. The molecule has 0 aliphatic heterocycles. The zero-order valence-corrected chi connectivity index (χ0v) is 11.3. The first kappa shape index (κ1) is 14.3. The second kappa shape index (κ2) is 5.48. The normalized spacial score (nSPS) is 14.6. The largest absolute Gasteiger partial charge is 0.496 e. The zero-order valence-electron chi connectivity index (χ0n) is 11.3. The van der Waals surface area contributed by atoms with Gasteiger partial charge in [0, 0.05) is 11.5 Å². The molecule has 1 aromatic heterocycles. The summed E-state index contributed by atoms with van der Waals surface area (Å²) in [5.74, 6) is 0.511. The van der Waals surface area contributed by atoms with Crippen LogP contribution in [0.3, 0.4) is 0 Å². The zero-order chi connectivity index (χ0) is 14.8. The average molecular weight is 276 g/mol. The molecular formula is C15H16O5. The Balaban J connectivity index is 2.65. The maximum atomic E-state index is 11.4. The molecule has 0 saturated carbocycles. The molecule has 0 amide bonds. The number of methoxy groups -OCH3 is 1. The lowest BCUT2D eigenvalue weighted by molar-refractivity contribution is 0.0442. The van der Waals surface area contributed by atoms with Crippen LogP contribution in [0, 0.1) is 0 Å². The minimum absolute atomic E-state index is 0.377. The summed E-state index contributed by atoms with van der Waals surface area (Å²) in [5.41, 5.74) is -0.907. The van der Waals surface area contributed by atoms with Gasteiger partial charge in [-0.1, -0.05) is 6.08 Å². The maximum absolute atomic E-state index is 11.4. The summed E-state index contributed by atoms with van der Waals surface area (Å²) in [6.45, 7) is 1.05. The Morgan fingerprint density at radius 1 is 1.35 bits per heavy atom. The van der Waals surface area contributed by atoms with E-state index >= 15 is 0 Å². The summed E-state index contributed by atoms with van der Waals surface area (Å²) >= 11 is 0. The molecule has 0 spiro atoms. The molecule has 1 aromatic carbocycles. The van der Waals surface area contributed by atoms with Crippen LogP contribution in [0.15, 0.2) is 39.6 Å². The highest BCUT2D eigenvalue weighted by Crippen LogP contribution is 2.29. The molecular weight excluding hydrogens is 260 g/mol. The number of rotatable bonds is 4. The molecule has 0 radical (unpaired) electrons. The van der Waals surface area contributed by atoms with E-state index < -0.39 is 17.8 Å². The highest BCUT2D eigenvalue weighted by Gasteiger charge is 2.15. The second-order valence-electron chi connectivity index (χ2n) is 4.70. The molecule has 0 aliphatic rings. The number of hydrogen-bond acceptors (Lipinski definition) is 5. The van der Waals surface area contributed by atoms with Crippen LogP contribution in [-0.2, 0) is 0 Å². The summed E-state index contributed by atoms with van der Waals surface area (Å²) in [4.78, 5) is 11.4. The van der Waals surface area contributed by atoms with Crippen LogP contribution in [0.5, 0.6) is 5.75 Å². The van der Waals surface area contributed by atoms with E-state index in [4.69, 9.17) is 14.3 Å². The number of aliphatic hydroxyl groups excluding tert-OH is 1. The smallest absolute Gasteiger partial charge is 0.336 e. The quantitative estimate of drug-likeness (QED) is 0.828. The van der Waals surface area contributed by atoms with Crippen molar-refractivity contribution in [1.29, 1.82) is 0 Å². The van der Waals surface area contributed by atoms with Crippen molar-refractivity contribution < 1.29 is 19.4 Å². The molecule has 2 rings (SSSR count). The van der Waals surface area contributed by atoms with Gasteiger partial charge in [-0.2, -0.15) is 0 Å². The summed E-state index contributed by atoms with van der Waals surface area (Å²) in [6.07, 6.45) is 3.00. The standard InChI is InChI=1S/C15H16O5/c1-15(18,9-16)8-7-11-12(19-2)5-3-10-4-6-13(17)20-14(10)11/h3-8,16,18H,9H2,1-2H3/b8-7-/t15-/m1/s1. The van der Waals surface area contributed by atoms with Gasteiger partial charge in [0.15, 0.2) is 0 Å². The van der Waals surface area contributed by atoms with Gasteiger partial charge in [0.25, 0.3) is 0 Å². The number of ether oxygens (including phenoxy) is 1. The third kappa shape index (κ3) is 2.89. The van der Waals surface area contributed by atoms with Crippen molar-refractivity contribution in [2.45, 2.75) is 12.5 Å². The van der Waals surface area contributed by atoms with Crippen molar-refractivity contribution in [2.24, 2.45) is 0 Å². The molecule has 106 valence electrons. The monoisotopic (exact) mass is 276 g/mol. The molecule has 20 heavy (non-hydrogen) atoms. The Bertz CT molecular complexity index is 697. The van der Waals surface area contributed by atoms with Gasteiger partial charge in [0.05, 0.1) is 19.3 Å². The number of benzene rings is 1. The first-order valence-electron chi connectivity index (χ1n) is 6.10. The van der Waals surface area contributed by atoms with E-state index in [2.05, 4.69) is 0 Å². The highest BCUT2D eigenvalue weighted by molar-refractivity contribution is 5.88. The van der Waals surface area contributed by atoms with Crippen molar-refractivity contribution in [1.82, 2.24) is 0 Å². The SMILES string of the molecule is COc1ccc2ccc(=O)oc2c1/C=C\[C@@](C)(O)CO. The molecule has 0 bridgehead atoms. The van der Waals surface area contributed by atoms with Crippen molar-refractivity contribution in [3.8, 4) is 5.75 Å². The van der Waals surface area contributed by atoms with Gasteiger partial charge < -0.3 is 19.4 Å². The van der Waals surface area contributed by atoms with Crippen molar-refractivity contribution in [3.05, 3.63) is 46.3 Å². The van der Waals surface area contributed by atoms with Crippen molar-refractivity contribution in [2.75, 3.05) is 13.7 Å². The summed E-state index contributed by atoms with van der Waals surface area (Å²) < 4.78 is 10.4. The Morgan fingerprint density at radius 2 is 2.05 bits per heavy atom. The van der Waals surface area contributed by atoms with Crippen LogP contribution < -0.4 is 10.4 Å². The van der Waals surface area contributed by atoms with E-state index in [1.807, 2.05) is 0 Å². The summed E-state index contributed by atoms with van der Waals surface area (Å²) in [6, 6.07) is 6.52. The Labute approximate surface area is 115 Å². The molecule has 0 fully saturated rings. The van der Waals surface area contributed by atoms with Crippen LogP contribution in [0.1, 0.15) is 12.5 Å². The molecule has 5 nitrogen and oxygen atoms in total. The molecule has 0 aliphatic carbocycles. The van der Waals surface area contributed by atoms with Gasteiger partial charge in [-0.15, -0.1) is 0 Å². The van der Waals surface area contributed by atoms with E-state index in [1.165, 1.54) is 26.2 Å². The van der Waals surface area contributed by atoms with Crippen LogP contribution in [0.4, 0.5) is 0 Å². The first-order valence-corrected chi connectivity index (χ1v) is 6.10. The van der Waals surface area contributed by atoms with E-state index in [-0.39, 0.29) is 0 Å².